The molecular weight excluding hydrogens is 296 g/mol. The van der Waals surface area contributed by atoms with Gasteiger partial charge in [0.2, 0.25) is 18.6 Å². The predicted molar refractivity (Wildman–Crippen MR) is 84.0 cm³/mol. The Morgan fingerprint density at radius 2 is 2.17 bits per heavy atom. The fourth-order valence-corrected chi connectivity index (χ4v) is 2.82. The molecule has 1 N–H and O–H groups in total. The standard InChI is InChI=1S/C17H22N2O4/c1-3-11(2)18-17(21)13-7-16(20)19(9-13)8-12-4-5-14-15(6-12)23-10-22-14/h4-6,11,13H,3,7-10H2,1-2H3,(H,18,21). The van der Waals surface area contributed by atoms with E-state index in [4.69, 9.17) is 9.47 Å². The SMILES string of the molecule is CCC(C)NC(=O)C1CC(=O)N(Cc2ccc3c(c2)OCO3)C1. The van der Waals surface area contributed by atoms with Crippen LogP contribution in [0.5, 0.6) is 11.5 Å². The van der Waals surface area contributed by atoms with Gasteiger partial charge in [-0.2, -0.15) is 0 Å². The van der Waals surface area contributed by atoms with Crippen molar-refractivity contribution in [2.45, 2.75) is 39.3 Å². The van der Waals surface area contributed by atoms with Crippen molar-refractivity contribution in [2.24, 2.45) is 5.92 Å². The third-order valence-corrected chi connectivity index (χ3v) is 4.40. The quantitative estimate of drug-likeness (QED) is 0.897. The van der Waals surface area contributed by atoms with Gasteiger partial charge in [0.25, 0.3) is 0 Å². The second-order valence-corrected chi connectivity index (χ2v) is 6.18. The molecule has 124 valence electrons. The summed E-state index contributed by atoms with van der Waals surface area (Å²) in [4.78, 5) is 26.1. The van der Waals surface area contributed by atoms with Gasteiger partial charge in [-0.1, -0.05) is 13.0 Å². The number of hydrogen-bond donors (Lipinski definition) is 1. The second-order valence-electron chi connectivity index (χ2n) is 6.18. The van der Waals surface area contributed by atoms with Crippen LogP contribution < -0.4 is 14.8 Å². The molecule has 2 heterocycles. The van der Waals surface area contributed by atoms with Crippen molar-refractivity contribution in [1.82, 2.24) is 10.2 Å². The Kier molecular flexibility index (Phi) is 4.41. The van der Waals surface area contributed by atoms with E-state index in [-0.39, 0.29) is 37.0 Å². The molecule has 6 heteroatoms. The number of carbonyl (C=O) groups excluding carboxylic acids is 2. The summed E-state index contributed by atoms with van der Waals surface area (Å²) in [5, 5.41) is 2.96. The van der Waals surface area contributed by atoms with Gasteiger partial charge in [0, 0.05) is 25.6 Å². The van der Waals surface area contributed by atoms with Crippen molar-refractivity contribution in [3.05, 3.63) is 23.8 Å². The molecule has 1 fully saturated rings. The van der Waals surface area contributed by atoms with Gasteiger partial charge in [0.05, 0.1) is 5.92 Å². The summed E-state index contributed by atoms with van der Waals surface area (Å²) >= 11 is 0. The largest absolute Gasteiger partial charge is 0.454 e. The summed E-state index contributed by atoms with van der Waals surface area (Å²) in [6.45, 7) is 5.19. The Bertz CT molecular complexity index is 617. The highest BCUT2D eigenvalue weighted by Gasteiger charge is 2.34. The molecule has 23 heavy (non-hydrogen) atoms. The van der Waals surface area contributed by atoms with Crippen molar-refractivity contribution in [3.8, 4) is 11.5 Å². The summed E-state index contributed by atoms with van der Waals surface area (Å²) < 4.78 is 10.6. The van der Waals surface area contributed by atoms with Crippen LogP contribution in [0.3, 0.4) is 0 Å². The lowest BCUT2D eigenvalue weighted by Crippen LogP contribution is -2.38. The first-order chi connectivity index (χ1) is 11.1. The van der Waals surface area contributed by atoms with Gasteiger partial charge in [-0.3, -0.25) is 9.59 Å². The van der Waals surface area contributed by atoms with Crippen molar-refractivity contribution < 1.29 is 19.1 Å². The Balaban J connectivity index is 1.61. The summed E-state index contributed by atoms with van der Waals surface area (Å²) in [7, 11) is 0. The van der Waals surface area contributed by atoms with Crippen LogP contribution in [0.25, 0.3) is 0 Å². The molecule has 2 aliphatic rings. The number of amides is 2. The number of ether oxygens (including phenoxy) is 2. The third-order valence-electron chi connectivity index (χ3n) is 4.40. The molecule has 2 amide bonds. The molecule has 2 unspecified atom stereocenters. The maximum absolute atomic E-state index is 12.2. The minimum atomic E-state index is -0.259. The van der Waals surface area contributed by atoms with Crippen LogP contribution in [0.15, 0.2) is 18.2 Å². The van der Waals surface area contributed by atoms with Crippen LogP contribution in [-0.4, -0.2) is 36.1 Å². The zero-order chi connectivity index (χ0) is 16.4. The fourth-order valence-electron chi connectivity index (χ4n) is 2.82. The minimum absolute atomic E-state index is 0.0203. The number of carbonyl (C=O) groups is 2. The lowest BCUT2D eigenvalue weighted by atomic mass is 10.1. The van der Waals surface area contributed by atoms with E-state index in [1.54, 1.807) is 4.90 Å². The summed E-state index contributed by atoms with van der Waals surface area (Å²) in [6, 6.07) is 5.81. The maximum Gasteiger partial charge on any atom is 0.231 e. The van der Waals surface area contributed by atoms with E-state index < -0.39 is 0 Å². The van der Waals surface area contributed by atoms with Crippen molar-refractivity contribution in [3.63, 3.8) is 0 Å². The Morgan fingerprint density at radius 3 is 2.96 bits per heavy atom. The van der Waals surface area contributed by atoms with Gasteiger partial charge < -0.3 is 19.7 Å². The smallest absolute Gasteiger partial charge is 0.231 e. The third kappa shape index (κ3) is 3.41. The number of benzene rings is 1. The molecule has 6 nitrogen and oxygen atoms in total. The van der Waals surface area contributed by atoms with Crippen LogP contribution >= 0.6 is 0 Å². The summed E-state index contributed by atoms with van der Waals surface area (Å²) in [5.41, 5.74) is 0.977. The van der Waals surface area contributed by atoms with Gasteiger partial charge >= 0.3 is 0 Å². The highest BCUT2D eigenvalue weighted by atomic mass is 16.7. The van der Waals surface area contributed by atoms with Crippen molar-refractivity contribution >= 4 is 11.8 Å². The monoisotopic (exact) mass is 318 g/mol. The predicted octanol–water partition coefficient (Wildman–Crippen LogP) is 1.68. The lowest BCUT2D eigenvalue weighted by Gasteiger charge is -2.18. The van der Waals surface area contributed by atoms with Crippen LogP contribution in [0.2, 0.25) is 0 Å². The molecule has 3 rings (SSSR count). The molecule has 0 aromatic heterocycles. The Hall–Kier alpha value is -2.24. The maximum atomic E-state index is 12.2. The molecule has 0 spiro atoms. The average Bonchev–Trinajstić information content (AvgIpc) is 3.14. The highest BCUT2D eigenvalue weighted by molar-refractivity contribution is 5.89. The molecule has 0 saturated carbocycles. The van der Waals surface area contributed by atoms with E-state index in [0.29, 0.717) is 18.8 Å². The molecule has 1 aromatic carbocycles. The number of nitrogens with zero attached hydrogens (tertiary/aromatic N) is 1. The molecule has 0 radical (unpaired) electrons. The molecule has 1 aromatic rings. The van der Waals surface area contributed by atoms with Crippen LogP contribution in [0, 0.1) is 5.92 Å². The molecule has 1 saturated heterocycles. The Morgan fingerprint density at radius 1 is 1.39 bits per heavy atom. The van der Waals surface area contributed by atoms with Crippen LogP contribution in [-0.2, 0) is 16.1 Å². The van der Waals surface area contributed by atoms with E-state index in [9.17, 15) is 9.59 Å². The summed E-state index contributed by atoms with van der Waals surface area (Å²) in [6.07, 6.45) is 1.17. The number of hydrogen-bond acceptors (Lipinski definition) is 4. The van der Waals surface area contributed by atoms with E-state index in [0.717, 1.165) is 17.7 Å². The van der Waals surface area contributed by atoms with Gasteiger partial charge in [-0.05, 0) is 31.0 Å². The first-order valence-electron chi connectivity index (χ1n) is 8.03. The van der Waals surface area contributed by atoms with Crippen molar-refractivity contribution in [2.75, 3.05) is 13.3 Å². The zero-order valence-electron chi connectivity index (χ0n) is 13.5. The molecular formula is C17H22N2O4. The number of nitrogens with one attached hydrogen (secondary N) is 1. The average molecular weight is 318 g/mol. The van der Waals surface area contributed by atoms with Gasteiger partial charge in [-0.15, -0.1) is 0 Å². The normalized spacial score (nSPS) is 20.7. The molecule has 2 aliphatic heterocycles. The number of likely N-dealkylation sites (tertiary alicyclic amines) is 1. The first-order valence-corrected chi connectivity index (χ1v) is 8.03. The van der Waals surface area contributed by atoms with E-state index in [1.807, 2.05) is 32.0 Å². The molecule has 2 atom stereocenters. The second kappa shape index (κ2) is 6.48. The first kappa shape index (κ1) is 15.6. The minimum Gasteiger partial charge on any atom is -0.454 e. The molecule has 0 bridgehead atoms. The van der Waals surface area contributed by atoms with Crippen molar-refractivity contribution in [1.29, 1.82) is 0 Å². The van der Waals surface area contributed by atoms with Gasteiger partial charge in [0.15, 0.2) is 11.5 Å². The van der Waals surface area contributed by atoms with Crippen LogP contribution in [0.1, 0.15) is 32.3 Å². The van der Waals surface area contributed by atoms with Crippen LogP contribution in [0.4, 0.5) is 0 Å². The fraction of sp³-hybridized carbons (Fsp3) is 0.529. The van der Waals surface area contributed by atoms with E-state index in [1.165, 1.54) is 0 Å². The molecule has 0 aliphatic carbocycles. The van der Waals surface area contributed by atoms with Gasteiger partial charge in [0.1, 0.15) is 0 Å². The summed E-state index contributed by atoms with van der Waals surface area (Å²) in [5.74, 6) is 1.17. The Labute approximate surface area is 135 Å². The lowest BCUT2D eigenvalue weighted by molar-refractivity contribution is -0.129. The highest BCUT2D eigenvalue weighted by Crippen LogP contribution is 2.33. The number of rotatable bonds is 5. The van der Waals surface area contributed by atoms with E-state index in [2.05, 4.69) is 5.32 Å². The zero-order valence-corrected chi connectivity index (χ0v) is 13.5. The van der Waals surface area contributed by atoms with Gasteiger partial charge in [-0.25, -0.2) is 0 Å². The number of fused-ring (bicyclic) bond motifs is 1. The van der Waals surface area contributed by atoms with E-state index >= 15 is 0 Å². The topological polar surface area (TPSA) is 67.9 Å².